The van der Waals surface area contributed by atoms with Gasteiger partial charge in [-0.3, -0.25) is 13.9 Å². The number of amides is 2. The summed E-state index contributed by atoms with van der Waals surface area (Å²) in [5, 5.41) is 3.28. The van der Waals surface area contributed by atoms with E-state index in [1.807, 2.05) is 26.8 Å². The lowest BCUT2D eigenvalue weighted by Gasteiger charge is -2.33. The predicted molar refractivity (Wildman–Crippen MR) is 139 cm³/mol. The number of carbonyl (C=O) groups is 2. The molecule has 8 nitrogen and oxygen atoms in total. The van der Waals surface area contributed by atoms with Crippen LogP contribution in [0.5, 0.6) is 5.75 Å². The van der Waals surface area contributed by atoms with E-state index in [9.17, 15) is 18.0 Å². The van der Waals surface area contributed by atoms with Crippen LogP contribution >= 0.6 is 11.6 Å². The Labute approximate surface area is 213 Å². The van der Waals surface area contributed by atoms with Crippen LogP contribution in [-0.2, 0) is 26.2 Å². The number of methoxy groups -OCH3 is 1. The van der Waals surface area contributed by atoms with Crippen molar-refractivity contribution in [2.45, 2.75) is 52.2 Å². The highest BCUT2D eigenvalue weighted by molar-refractivity contribution is 7.92. The molecular formula is C25H34ClN3O5S. The summed E-state index contributed by atoms with van der Waals surface area (Å²) in [5.74, 6) is -0.181. The quantitative estimate of drug-likeness (QED) is 0.456. The van der Waals surface area contributed by atoms with Crippen LogP contribution in [-0.4, -0.2) is 57.1 Å². The molecule has 0 saturated heterocycles. The van der Waals surface area contributed by atoms with Crippen molar-refractivity contribution in [3.8, 4) is 5.75 Å². The average molecular weight is 524 g/mol. The maximum absolute atomic E-state index is 13.7. The van der Waals surface area contributed by atoms with Crippen LogP contribution in [0.15, 0.2) is 48.5 Å². The first-order valence-electron chi connectivity index (χ1n) is 11.5. The lowest BCUT2D eigenvalue weighted by Crippen LogP contribution is -2.53. The van der Waals surface area contributed by atoms with E-state index in [2.05, 4.69) is 5.32 Å². The van der Waals surface area contributed by atoms with Gasteiger partial charge in [-0.1, -0.05) is 43.6 Å². The number of halogens is 1. The zero-order valence-electron chi connectivity index (χ0n) is 20.8. The van der Waals surface area contributed by atoms with E-state index >= 15 is 0 Å². The van der Waals surface area contributed by atoms with Gasteiger partial charge in [-0.25, -0.2) is 8.42 Å². The molecule has 1 N–H and O–H groups in total. The molecule has 192 valence electrons. The summed E-state index contributed by atoms with van der Waals surface area (Å²) in [4.78, 5) is 28.2. The summed E-state index contributed by atoms with van der Waals surface area (Å²) < 4.78 is 31.5. The molecule has 10 heteroatoms. The number of benzene rings is 2. The van der Waals surface area contributed by atoms with Crippen molar-refractivity contribution in [1.29, 1.82) is 0 Å². The Bertz CT molecular complexity index is 1130. The Hall–Kier alpha value is -2.78. The van der Waals surface area contributed by atoms with E-state index in [0.29, 0.717) is 17.2 Å². The number of hydrogen-bond acceptors (Lipinski definition) is 5. The topological polar surface area (TPSA) is 96.0 Å². The number of ether oxygens (including phenoxy) is 1. The fourth-order valence-corrected chi connectivity index (χ4v) is 4.60. The maximum Gasteiger partial charge on any atom is 0.244 e. The van der Waals surface area contributed by atoms with E-state index in [0.717, 1.165) is 22.5 Å². The first kappa shape index (κ1) is 28.5. The molecule has 0 fully saturated rings. The Morgan fingerprint density at radius 1 is 1.09 bits per heavy atom. The molecule has 0 bridgehead atoms. The number of rotatable bonds is 12. The maximum atomic E-state index is 13.7. The van der Waals surface area contributed by atoms with Gasteiger partial charge in [-0.05, 0) is 55.7 Å². The minimum Gasteiger partial charge on any atom is -0.497 e. The monoisotopic (exact) mass is 523 g/mol. The van der Waals surface area contributed by atoms with Gasteiger partial charge in [-0.2, -0.15) is 0 Å². The summed E-state index contributed by atoms with van der Waals surface area (Å²) >= 11 is 6.07. The number of anilines is 1. The Morgan fingerprint density at radius 2 is 1.77 bits per heavy atom. The third-order valence-corrected chi connectivity index (χ3v) is 7.03. The minimum atomic E-state index is -3.82. The largest absolute Gasteiger partial charge is 0.497 e. The molecule has 0 aliphatic carbocycles. The first-order chi connectivity index (χ1) is 16.5. The van der Waals surface area contributed by atoms with Crippen LogP contribution in [0, 0.1) is 0 Å². The van der Waals surface area contributed by atoms with Gasteiger partial charge in [0.2, 0.25) is 21.8 Å². The molecule has 2 amide bonds. The molecule has 2 rings (SSSR count). The van der Waals surface area contributed by atoms with E-state index in [-0.39, 0.29) is 24.2 Å². The normalized spacial score (nSPS) is 13.0. The highest BCUT2D eigenvalue weighted by Gasteiger charge is 2.32. The van der Waals surface area contributed by atoms with Crippen LogP contribution in [0.3, 0.4) is 0 Å². The molecule has 0 aromatic heterocycles. The minimum absolute atomic E-state index is 0.0655. The van der Waals surface area contributed by atoms with Crippen molar-refractivity contribution in [2.75, 3.05) is 24.2 Å². The standard InChI is InChI=1S/C25H34ClN3O5S/c1-6-18(3)27-25(31)23(7-2)28(16-19-10-8-13-22(14-19)34-4)24(30)17-29(35(5,32)33)21-12-9-11-20(26)15-21/h8-15,18,23H,6-7,16-17H2,1-5H3,(H,27,31)/t18-,23-/m1/s1. The van der Waals surface area contributed by atoms with Crippen LogP contribution < -0.4 is 14.4 Å². The highest BCUT2D eigenvalue weighted by atomic mass is 35.5. The molecule has 2 atom stereocenters. The van der Waals surface area contributed by atoms with Crippen molar-refractivity contribution in [1.82, 2.24) is 10.2 Å². The molecule has 2 aromatic carbocycles. The van der Waals surface area contributed by atoms with Gasteiger partial charge >= 0.3 is 0 Å². The van der Waals surface area contributed by atoms with Gasteiger partial charge in [0.25, 0.3) is 0 Å². The third kappa shape index (κ3) is 8.14. The Morgan fingerprint density at radius 3 is 2.34 bits per heavy atom. The van der Waals surface area contributed by atoms with E-state index in [1.165, 1.54) is 11.0 Å². The van der Waals surface area contributed by atoms with Gasteiger partial charge in [-0.15, -0.1) is 0 Å². The summed E-state index contributed by atoms with van der Waals surface area (Å²) in [5.41, 5.74) is 1.02. The summed E-state index contributed by atoms with van der Waals surface area (Å²) in [7, 11) is -2.27. The van der Waals surface area contributed by atoms with Crippen molar-refractivity contribution in [3.63, 3.8) is 0 Å². The molecule has 0 aliphatic rings. The van der Waals surface area contributed by atoms with Crippen molar-refractivity contribution in [2.24, 2.45) is 0 Å². The highest BCUT2D eigenvalue weighted by Crippen LogP contribution is 2.23. The van der Waals surface area contributed by atoms with Gasteiger partial charge in [0, 0.05) is 17.6 Å². The molecule has 0 radical (unpaired) electrons. The summed E-state index contributed by atoms with van der Waals surface area (Å²) in [6.45, 7) is 5.30. The van der Waals surface area contributed by atoms with Crippen molar-refractivity contribution in [3.05, 3.63) is 59.1 Å². The lowest BCUT2D eigenvalue weighted by molar-refractivity contribution is -0.140. The molecule has 2 aromatic rings. The van der Waals surface area contributed by atoms with E-state index in [1.54, 1.807) is 43.5 Å². The van der Waals surface area contributed by atoms with Crippen LogP contribution in [0.1, 0.15) is 39.2 Å². The summed E-state index contributed by atoms with van der Waals surface area (Å²) in [6, 6.07) is 12.6. The molecule has 0 heterocycles. The molecule has 0 saturated carbocycles. The number of nitrogens with zero attached hydrogens (tertiary/aromatic N) is 2. The molecular weight excluding hydrogens is 490 g/mol. The fraction of sp³-hybridized carbons (Fsp3) is 0.440. The molecule has 0 spiro atoms. The number of hydrogen-bond donors (Lipinski definition) is 1. The first-order valence-corrected chi connectivity index (χ1v) is 13.7. The Balaban J connectivity index is 2.45. The SMILES string of the molecule is CC[C@@H](C)NC(=O)[C@@H](CC)N(Cc1cccc(OC)c1)C(=O)CN(c1cccc(Cl)c1)S(C)(=O)=O. The summed E-state index contributed by atoms with van der Waals surface area (Å²) in [6.07, 6.45) is 2.12. The number of nitrogens with one attached hydrogen (secondary N) is 1. The van der Waals surface area contributed by atoms with Crippen molar-refractivity contribution >= 4 is 39.1 Å². The van der Waals surface area contributed by atoms with Gasteiger partial charge in [0.1, 0.15) is 18.3 Å². The molecule has 0 unspecified atom stereocenters. The number of sulfonamides is 1. The number of carbonyl (C=O) groups excluding carboxylic acids is 2. The zero-order valence-corrected chi connectivity index (χ0v) is 22.4. The average Bonchev–Trinajstić information content (AvgIpc) is 2.81. The van der Waals surface area contributed by atoms with E-state index < -0.39 is 28.5 Å². The predicted octanol–water partition coefficient (Wildman–Crippen LogP) is 3.84. The smallest absolute Gasteiger partial charge is 0.244 e. The van der Waals surface area contributed by atoms with Gasteiger partial charge < -0.3 is 15.0 Å². The second-order valence-corrected chi connectivity index (χ2v) is 10.7. The van der Waals surface area contributed by atoms with Crippen LogP contribution in [0.25, 0.3) is 0 Å². The van der Waals surface area contributed by atoms with E-state index in [4.69, 9.17) is 16.3 Å². The molecule has 35 heavy (non-hydrogen) atoms. The third-order valence-electron chi connectivity index (χ3n) is 5.65. The van der Waals surface area contributed by atoms with Gasteiger partial charge in [0.05, 0.1) is 19.1 Å². The van der Waals surface area contributed by atoms with Crippen molar-refractivity contribution < 1.29 is 22.7 Å². The fourth-order valence-electron chi connectivity index (χ4n) is 3.57. The Kier molecular flexibility index (Phi) is 10.4. The second kappa shape index (κ2) is 12.8. The van der Waals surface area contributed by atoms with Gasteiger partial charge in [0.15, 0.2) is 0 Å². The lowest BCUT2D eigenvalue weighted by atomic mass is 10.1. The van der Waals surface area contributed by atoms with Crippen LogP contribution in [0.4, 0.5) is 5.69 Å². The zero-order chi connectivity index (χ0) is 26.2. The van der Waals surface area contributed by atoms with Crippen LogP contribution in [0.2, 0.25) is 5.02 Å². The second-order valence-electron chi connectivity index (χ2n) is 8.36. The molecule has 0 aliphatic heterocycles.